The van der Waals surface area contributed by atoms with Gasteiger partial charge in [0.2, 0.25) is 0 Å². The second kappa shape index (κ2) is 6.02. The van der Waals surface area contributed by atoms with Crippen molar-refractivity contribution in [2.75, 3.05) is 25.7 Å². The Hall–Kier alpha value is -1.07. The maximum absolute atomic E-state index is 11.0. The van der Waals surface area contributed by atoms with E-state index in [1.54, 1.807) is 7.11 Å². The number of ether oxygens (including phenoxy) is 1. The third-order valence-corrected chi connectivity index (χ3v) is 3.46. The number of sulfone groups is 1. The lowest BCUT2D eigenvalue weighted by Gasteiger charge is -2.14. The predicted octanol–water partition coefficient (Wildman–Crippen LogP) is 1.39. The molecule has 1 aromatic carbocycles. The highest BCUT2D eigenvalue weighted by Crippen LogP contribution is 2.18. The van der Waals surface area contributed by atoms with E-state index in [4.69, 9.17) is 4.74 Å². The summed E-state index contributed by atoms with van der Waals surface area (Å²) in [7, 11) is -1.28. The van der Waals surface area contributed by atoms with Crippen molar-refractivity contribution in [1.29, 1.82) is 0 Å². The zero-order valence-electron chi connectivity index (χ0n) is 10.4. The molecule has 1 rings (SSSR count). The highest BCUT2D eigenvalue weighted by atomic mass is 32.2. The molecule has 0 fully saturated rings. The molecule has 0 unspecified atom stereocenters. The van der Waals surface area contributed by atoms with Crippen molar-refractivity contribution < 1.29 is 13.2 Å². The van der Waals surface area contributed by atoms with Crippen molar-refractivity contribution in [3.63, 3.8) is 0 Å². The molecule has 0 saturated heterocycles. The van der Waals surface area contributed by atoms with Gasteiger partial charge < -0.3 is 10.1 Å². The molecule has 0 aliphatic heterocycles. The summed E-state index contributed by atoms with van der Waals surface area (Å²) in [4.78, 5) is 0. The van der Waals surface area contributed by atoms with Gasteiger partial charge in [-0.05, 0) is 24.6 Å². The van der Waals surface area contributed by atoms with Gasteiger partial charge in [0.15, 0.2) is 0 Å². The Morgan fingerprint density at radius 1 is 1.41 bits per heavy atom. The summed E-state index contributed by atoms with van der Waals surface area (Å²) in [6.07, 6.45) is 1.24. The smallest absolute Gasteiger partial charge is 0.148 e. The van der Waals surface area contributed by atoms with Crippen LogP contribution in [0.3, 0.4) is 0 Å². The molecule has 1 aromatic rings. The van der Waals surface area contributed by atoms with E-state index in [1.807, 2.05) is 31.2 Å². The molecule has 0 saturated carbocycles. The average molecular weight is 257 g/mol. The van der Waals surface area contributed by atoms with Gasteiger partial charge in [0.05, 0.1) is 12.9 Å². The first-order chi connectivity index (χ1) is 7.92. The van der Waals surface area contributed by atoms with Crippen LogP contribution in [-0.4, -0.2) is 34.1 Å². The van der Waals surface area contributed by atoms with Crippen molar-refractivity contribution in [2.24, 2.45) is 0 Å². The van der Waals surface area contributed by atoms with E-state index < -0.39 is 9.84 Å². The molecule has 1 N–H and O–H groups in total. The maximum atomic E-state index is 11.0. The number of rotatable bonds is 6. The van der Waals surface area contributed by atoms with Crippen molar-refractivity contribution >= 4 is 9.84 Å². The van der Waals surface area contributed by atoms with Gasteiger partial charge in [0.1, 0.15) is 15.6 Å². The molecule has 0 radical (unpaired) electrons. The molecule has 0 amide bonds. The minimum atomic E-state index is -2.90. The van der Waals surface area contributed by atoms with Crippen LogP contribution < -0.4 is 10.1 Å². The lowest BCUT2D eigenvalue weighted by atomic mass is 10.1. The Bertz CT molecular complexity index is 457. The molecule has 17 heavy (non-hydrogen) atoms. The molecule has 0 aromatic heterocycles. The van der Waals surface area contributed by atoms with Gasteiger partial charge >= 0.3 is 0 Å². The fourth-order valence-corrected chi connectivity index (χ4v) is 1.98. The van der Waals surface area contributed by atoms with E-state index in [-0.39, 0.29) is 11.8 Å². The Morgan fingerprint density at radius 2 is 2.12 bits per heavy atom. The van der Waals surface area contributed by atoms with E-state index in [0.717, 1.165) is 11.3 Å². The average Bonchev–Trinajstić information content (AvgIpc) is 2.27. The minimum absolute atomic E-state index is 0.104. The molecule has 4 nitrogen and oxygen atoms in total. The third kappa shape index (κ3) is 5.19. The minimum Gasteiger partial charge on any atom is -0.497 e. The summed E-state index contributed by atoms with van der Waals surface area (Å²) >= 11 is 0. The summed E-state index contributed by atoms with van der Waals surface area (Å²) < 4.78 is 27.1. The second-order valence-electron chi connectivity index (χ2n) is 4.08. The first kappa shape index (κ1) is 14.0. The van der Waals surface area contributed by atoms with Gasteiger partial charge in [-0.1, -0.05) is 12.1 Å². The molecule has 5 heteroatoms. The fraction of sp³-hybridized carbons (Fsp3) is 0.500. The molecule has 1 atom stereocenters. The SMILES string of the molecule is COc1cccc([C@H](C)NCCS(C)(=O)=O)c1. The van der Waals surface area contributed by atoms with Crippen LogP contribution in [0.15, 0.2) is 24.3 Å². The van der Waals surface area contributed by atoms with Gasteiger partial charge in [-0.25, -0.2) is 8.42 Å². The number of benzene rings is 1. The molecule has 0 heterocycles. The number of hydrogen-bond donors (Lipinski definition) is 1. The highest BCUT2D eigenvalue weighted by molar-refractivity contribution is 7.90. The molecular weight excluding hydrogens is 238 g/mol. The normalized spacial score (nSPS) is 13.4. The van der Waals surface area contributed by atoms with E-state index in [2.05, 4.69) is 5.32 Å². The van der Waals surface area contributed by atoms with E-state index >= 15 is 0 Å². The summed E-state index contributed by atoms with van der Waals surface area (Å²) in [5.74, 6) is 0.959. The van der Waals surface area contributed by atoms with E-state index in [1.165, 1.54) is 6.26 Å². The quantitative estimate of drug-likeness (QED) is 0.836. The zero-order valence-corrected chi connectivity index (χ0v) is 11.3. The first-order valence-corrected chi connectivity index (χ1v) is 7.53. The first-order valence-electron chi connectivity index (χ1n) is 5.47. The van der Waals surface area contributed by atoms with E-state index in [9.17, 15) is 8.42 Å². The topological polar surface area (TPSA) is 55.4 Å². The zero-order chi connectivity index (χ0) is 12.9. The monoisotopic (exact) mass is 257 g/mol. The van der Waals surface area contributed by atoms with E-state index in [0.29, 0.717) is 6.54 Å². The molecule has 0 aliphatic rings. The summed E-state index contributed by atoms with van der Waals surface area (Å²) in [6.45, 7) is 2.45. The van der Waals surface area contributed by atoms with Crippen LogP contribution in [0.2, 0.25) is 0 Å². The van der Waals surface area contributed by atoms with Gasteiger partial charge in [-0.3, -0.25) is 0 Å². The van der Waals surface area contributed by atoms with Crippen LogP contribution >= 0.6 is 0 Å². The maximum Gasteiger partial charge on any atom is 0.148 e. The third-order valence-electron chi connectivity index (χ3n) is 2.52. The molecular formula is C12H19NO3S. The van der Waals surface area contributed by atoms with Crippen LogP contribution in [0, 0.1) is 0 Å². The number of hydrogen-bond acceptors (Lipinski definition) is 4. The Morgan fingerprint density at radius 3 is 2.71 bits per heavy atom. The Balaban J connectivity index is 2.54. The molecule has 0 bridgehead atoms. The van der Waals surface area contributed by atoms with Crippen molar-refractivity contribution in [1.82, 2.24) is 5.32 Å². The number of nitrogens with one attached hydrogen (secondary N) is 1. The lowest BCUT2D eigenvalue weighted by molar-refractivity contribution is 0.413. The van der Waals surface area contributed by atoms with Gasteiger partial charge in [-0.15, -0.1) is 0 Å². The molecule has 96 valence electrons. The van der Waals surface area contributed by atoms with Crippen molar-refractivity contribution in [3.05, 3.63) is 29.8 Å². The standard InChI is InChI=1S/C12H19NO3S/c1-10(13-7-8-17(3,14)15)11-5-4-6-12(9-11)16-2/h4-6,9-10,13H,7-8H2,1-3H3/t10-/m0/s1. The summed E-state index contributed by atoms with van der Waals surface area (Å²) in [6, 6.07) is 7.83. The van der Waals surface area contributed by atoms with Gasteiger partial charge in [-0.2, -0.15) is 0 Å². The van der Waals surface area contributed by atoms with Crippen molar-refractivity contribution in [2.45, 2.75) is 13.0 Å². The van der Waals surface area contributed by atoms with Gasteiger partial charge in [0, 0.05) is 18.8 Å². The fourth-order valence-electron chi connectivity index (χ4n) is 1.49. The predicted molar refractivity (Wildman–Crippen MR) is 69.1 cm³/mol. The summed E-state index contributed by atoms with van der Waals surface area (Å²) in [5, 5.41) is 3.17. The van der Waals surface area contributed by atoms with Crippen LogP contribution in [-0.2, 0) is 9.84 Å². The molecule has 0 aliphatic carbocycles. The summed E-state index contributed by atoms with van der Waals surface area (Å²) in [5.41, 5.74) is 1.08. The van der Waals surface area contributed by atoms with Crippen LogP contribution in [0.5, 0.6) is 5.75 Å². The lowest BCUT2D eigenvalue weighted by Crippen LogP contribution is -2.25. The molecule has 0 spiro atoms. The highest BCUT2D eigenvalue weighted by Gasteiger charge is 2.07. The van der Waals surface area contributed by atoms with Crippen LogP contribution in [0.4, 0.5) is 0 Å². The van der Waals surface area contributed by atoms with Crippen molar-refractivity contribution in [3.8, 4) is 5.75 Å². The van der Waals surface area contributed by atoms with Gasteiger partial charge in [0.25, 0.3) is 0 Å². The van der Waals surface area contributed by atoms with Crippen LogP contribution in [0.25, 0.3) is 0 Å². The number of methoxy groups -OCH3 is 1. The second-order valence-corrected chi connectivity index (χ2v) is 6.34. The Kier molecular flexibility index (Phi) is 4.96. The van der Waals surface area contributed by atoms with Crippen LogP contribution in [0.1, 0.15) is 18.5 Å². The largest absolute Gasteiger partial charge is 0.497 e. The Labute approximate surface area is 103 Å².